The van der Waals surface area contributed by atoms with Crippen LogP contribution >= 0.6 is 11.3 Å². The molecule has 0 saturated carbocycles. The summed E-state index contributed by atoms with van der Waals surface area (Å²) in [6.45, 7) is 2.43. The zero-order valence-corrected chi connectivity index (χ0v) is 23.8. The summed E-state index contributed by atoms with van der Waals surface area (Å²) in [4.78, 5) is 12.2. The highest BCUT2D eigenvalue weighted by Crippen LogP contribution is 2.43. The van der Waals surface area contributed by atoms with Gasteiger partial charge in [0.25, 0.3) is 0 Å². The van der Waals surface area contributed by atoms with Crippen LogP contribution in [0.2, 0.25) is 0 Å². The number of carbonyl (C=O) groups is 1. The maximum absolute atomic E-state index is 13.5. The second-order valence-electron chi connectivity index (χ2n) is 9.39. The molecular formula is C21H22F3N9O6S3. The largest absolute Gasteiger partial charge is 0.490 e. The first-order valence-corrected chi connectivity index (χ1v) is 15.3. The van der Waals surface area contributed by atoms with E-state index in [2.05, 4.69) is 25.6 Å². The highest BCUT2D eigenvalue weighted by molar-refractivity contribution is 7.92. The van der Waals surface area contributed by atoms with Crippen molar-refractivity contribution in [3.05, 3.63) is 30.3 Å². The standard InChI is InChI=1S/C19H21N9O4S3.C2HF3O2/c1-19(7-20)8-28(9-19)35(31,32)13-6-5-10(11-3-2-4-12-15(11)23-18(21)33-12)14(16(13)34(22,29)30)17-24-26-27-25-17;3-2(4,5)1(6)7/h2-6H,7-9,20H2,1H3,(H2,21,23)(H2,22,29,30)(H,24,25,26,27);(H,6,7). The number of nitrogens with zero attached hydrogens (tertiary/aromatic N) is 5. The van der Waals surface area contributed by atoms with Crippen LogP contribution in [0.3, 0.4) is 0 Å². The fraction of sp³-hybridized carbons (Fsp3) is 0.286. The van der Waals surface area contributed by atoms with Crippen LogP contribution in [-0.4, -0.2) is 83.6 Å². The minimum atomic E-state index is -5.08. The number of carboxylic acid groups (broad SMARTS) is 1. The fourth-order valence-electron chi connectivity index (χ4n) is 4.19. The lowest BCUT2D eigenvalue weighted by molar-refractivity contribution is -0.192. The number of carboxylic acids is 1. The molecule has 2 aromatic heterocycles. The lowest BCUT2D eigenvalue weighted by Gasteiger charge is -2.46. The maximum atomic E-state index is 13.5. The molecule has 226 valence electrons. The molecule has 0 amide bonds. The molecule has 0 atom stereocenters. The summed E-state index contributed by atoms with van der Waals surface area (Å²) in [6.07, 6.45) is -5.08. The van der Waals surface area contributed by atoms with Crippen LogP contribution in [0.4, 0.5) is 18.3 Å². The molecule has 0 radical (unpaired) electrons. The Morgan fingerprint density at radius 2 is 1.81 bits per heavy atom. The molecule has 21 heteroatoms. The molecular weight excluding hydrogens is 627 g/mol. The smallest absolute Gasteiger partial charge is 0.475 e. The fourth-order valence-corrected chi connectivity index (χ4v) is 8.27. The number of rotatable bonds is 6. The second kappa shape index (κ2) is 10.8. The number of alkyl halides is 3. The summed E-state index contributed by atoms with van der Waals surface area (Å²) in [5, 5.41) is 26.7. The van der Waals surface area contributed by atoms with Crippen molar-refractivity contribution in [2.75, 3.05) is 25.4 Å². The number of benzene rings is 2. The van der Waals surface area contributed by atoms with Gasteiger partial charge in [-0.15, -0.1) is 10.2 Å². The number of H-pyrrole nitrogens is 1. The van der Waals surface area contributed by atoms with Crippen molar-refractivity contribution in [1.29, 1.82) is 0 Å². The maximum Gasteiger partial charge on any atom is 0.490 e. The van der Waals surface area contributed by atoms with Gasteiger partial charge in [-0.25, -0.2) is 31.8 Å². The van der Waals surface area contributed by atoms with E-state index in [1.165, 1.54) is 27.8 Å². The summed E-state index contributed by atoms with van der Waals surface area (Å²) < 4.78 is 86.6. The van der Waals surface area contributed by atoms with Gasteiger partial charge in [-0.2, -0.15) is 22.7 Å². The van der Waals surface area contributed by atoms with Crippen molar-refractivity contribution >= 4 is 52.7 Å². The zero-order valence-electron chi connectivity index (χ0n) is 21.3. The van der Waals surface area contributed by atoms with E-state index in [9.17, 15) is 30.0 Å². The molecule has 0 unspecified atom stereocenters. The van der Waals surface area contributed by atoms with Gasteiger partial charge in [0.05, 0.1) is 15.8 Å². The zero-order chi connectivity index (χ0) is 31.3. The van der Waals surface area contributed by atoms with E-state index in [0.29, 0.717) is 21.8 Å². The predicted molar refractivity (Wildman–Crippen MR) is 144 cm³/mol. The van der Waals surface area contributed by atoms with E-state index in [1.807, 2.05) is 13.0 Å². The number of para-hydroxylation sites is 1. The van der Waals surface area contributed by atoms with Gasteiger partial charge in [-0.1, -0.05) is 36.5 Å². The number of aromatic amines is 1. The first-order valence-electron chi connectivity index (χ1n) is 11.5. The third-order valence-electron chi connectivity index (χ3n) is 6.17. The minimum Gasteiger partial charge on any atom is -0.475 e. The Morgan fingerprint density at radius 3 is 2.33 bits per heavy atom. The summed E-state index contributed by atoms with van der Waals surface area (Å²) in [7, 11) is -8.85. The summed E-state index contributed by atoms with van der Waals surface area (Å²) in [5.74, 6) is -2.90. The number of fused-ring (bicyclic) bond motifs is 1. The number of aliphatic carboxylic acids is 1. The van der Waals surface area contributed by atoms with Gasteiger partial charge in [0.1, 0.15) is 9.79 Å². The molecule has 0 spiro atoms. The topological polar surface area (TPSA) is 254 Å². The molecule has 4 aromatic rings. The number of aromatic nitrogens is 5. The molecule has 5 rings (SSSR count). The molecule has 2 aromatic carbocycles. The number of tetrazole rings is 1. The van der Waals surface area contributed by atoms with E-state index < -0.39 is 47.4 Å². The van der Waals surface area contributed by atoms with E-state index in [4.69, 9.17) is 26.5 Å². The van der Waals surface area contributed by atoms with Crippen LogP contribution < -0.4 is 16.6 Å². The molecule has 8 N–H and O–H groups in total. The highest BCUT2D eigenvalue weighted by Gasteiger charge is 2.46. The van der Waals surface area contributed by atoms with Crippen LogP contribution in [0.25, 0.3) is 32.7 Å². The number of nitrogens with two attached hydrogens (primary N) is 3. The van der Waals surface area contributed by atoms with Crippen LogP contribution in [0.15, 0.2) is 40.1 Å². The first-order chi connectivity index (χ1) is 19.4. The van der Waals surface area contributed by atoms with Crippen LogP contribution in [0, 0.1) is 5.41 Å². The minimum absolute atomic E-state index is 0.108. The second-order valence-corrected chi connectivity index (χ2v) is 13.9. The van der Waals surface area contributed by atoms with Gasteiger partial charge < -0.3 is 16.6 Å². The van der Waals surface area contributed by atoms with Gasteiger partial charge in [0.2, 0.25) is 25.9 Å². The SMILES string of the molecule is CC1(CN)CN(S(=O)(=O)c2ccc(-c3cccc4sc(N)nc34)c(-c3nn[nH]n3)c2S(N)(=O)=O)C1.O=C(O)C(F)(F)F. The molecule has 0 bridgehead atoms. The monoisotopic (exact) mass is 649 g/mol. The van der Waals surface area contributed by atoms with Crippen molar-refractivity contribution in [3.63, 3.8) is 0 Å². The third kappa shape index (κ3) is 5.91. The lowest BCUT2D eigenvalue weighted by atomic mass is 9.84. The molecule has 42 heavy (non-hydrogen) atoms. The van der Waals surface area contributed by atoms with Crippen molar-refractivity contribution in [1.82, 2.24) is 29.9 Å². The Morgan fingerprint density at radius 1 is 1.17 bits per heavy atom. The Balaban J connectivity index is 0.000000517. The van der Waals surface area contributed by atoms with Crippen molar-refractivity contribution in [2.24, 2.45) is 16.3 Å². The normalized spacial score (nSPS) is 15.6. The Bertz CT molecular complexity index is 1870. The molecule has 3 heterocycles. The average molecular weight is 650 g/mol. The third-order valence-corrected chi connectivity index (χ3v) is 9.98. The Labute approximate surface area is 239 Å². The number of hydrogen-bond acceptors (Lipinski definition) is 12. The van der Waals surface area contributed by atoms with Gasteiger partial charge in [-0.3, -0.25) is 0 Å². The number of hydrogen-bond donors (Lipinski definition) is 5. The number of halogens is 3. The van der Waals surface area contributed by atoms with Crippen LogP contribution in [0.5, 0.6) is 0 Å². The van der Waals surface area contributed by atoms with Gasteiger partial charge >= 0.3 is 12.1 Å². The van der Waals surface area contributed by atoms with Crippen molar-refractivity contribution < 1.29 is 39.9 Å². The van der Waals surface area contributed by atoms with Crippen LogP contribution in [0.1, 0.15) is 6.92 Å². The Hall–Kier alpha value is -3.76. The number of thiazole rings is 1. The van der Waals surface area contributed by atoms with E-state index >= 15 is 0 Å². The number of anilines is 1. The molecule has 0 aliphatic carbocycles. The number of nitrogen functional groups attached to an aromatic ring is 1. The Kier molecular flexibility index (Phi) is 8.03. The first kappa shape index (κ1) is 31.2. The number of sulfonamides is 2. The number of primary sulfonamides is 1. The summed E-state index contributed by atoms with van der Waals surface area (Å²) >= 11 is 1.26. The van der Waals surface area contributed by atoms with Gasteiger partial charge in [0, 0.05) is 30.6 Å². The van der Waals surface area contributed by atoms with Gasteiger partial charge in [0.15, 0.2) is 5.13 Å². The van der Waals surface area contributed by atoms with Crippen molar-refractivity contribution in [2.45, 2.75) is 22.9 Å². The van der Waals surface area contributed by atoms with Gasteiger partial charge in [-0.05, 0) is 22.9 Å². The molecule has 1 aliphatic rings. The average Bonchev–Trinajstić information content (AvgIpc) is 3.54. The number of nitrogens with one attached hydrogen (secondary N) is 1. The van der Waals surface area contributed by atoms with E-state index in [-0.39, 0.29) is 31.0 Å². The molecule has 1 saturated heterocycles. The predicted octanol–water partition coefficient (Wildman–Crippen LogP) is 0.976. The highest BCUT2D eigenvalue weighted by atomic mass is 32.2. The molecule has 15 nitrogen and oxygen atoms in total. The molecule has 1 fully saturated rings. The summed E-state index contributed by atoms with van der Waals surface area (Å²) in [5.41, 5.74) is 12.5. The van der Waals surface area contributed by atoms with Crippen LogP contribution in [-0.2, 0) is 24.8 Å². The quantitative estimate of drug-likeness (QED) is 0.196. The van der Waals surface area contributed by atoms with Crippen molar-refractivity contribution in [3.8, 4) is 22.5 Å². The van der Waals surface area contributed by atoms with E-state index in [0.717, 1.165) is 4.70 Å². The lowest BCUT2D eigenvalue weighted by Crippen LogP contribution is -2.59. The summed E-state index contributed by atoms with van der Waals surface area (Å²) in [6, 6.07) is 7.99. The molecule has 1 aliphatic heterocycles. The van der Waals surface area contributed by atoms with E-state index in [1.54, 1.807) is 12.1 Å².